The fraction of sp³-hybridized carbons (Fsp3) is 0.417. The molecule has 10 nitrogen and oxygen atoms in total. The number of H-pyrrole nitrogens is 1. The van der Waals surface area contributed by atoms with Crippen LogP contribution in [-0.2, 0) is 27.1 Å². The molecular weight excluding hydrogens is 474 g/mol. The van der Waals surface area contributed by atoms with E-state index in [-0.39, 0.29) is 29.9 Å². The van der Waals surface area contributed by atoms with Crippen LogP contribution in [-0.4, -0.2) is 51.9 Å². The number of esters is 1. The Kier molecular flexibility index (Phi) is 8.06. The zero-order valence-corrected chi connectivity index (χ0v) is 19.9. The van der Waals surface area contributed by atoms with Crippen molar-refractivity contribution in [1.82, 2.24) is 19.7 Å². The van der Waals surface area contributed by atoms with Crippen LogP contribution in [0.3, 0.4) is 0 Å². The number of benzene rings is 1. The molecule has 0 aliphatic carbocycles. The van der Waals surface area contributed by atoms with Crippen LogP contribution in [0, 0.1) is 11.6 Å². The van der Waals surface area contributed by atoms with Crippen LogP contribution in [0.4, 0.5) is 14.5 Å². The first-order valence-electron chi connectivity index (χ1n) is 11.7. The third-order valence-electron chi connectivity index (χ3n) is 5.88. The van der Waals surface area contributed by atoms with Crippen molar-refractivity contribution in [2.75, 3.05) is 25.6 Å². The molecule has 0 saturated carbocycles. The standard InChI is InChI=1S/C24H28F2N6O4/c1-35-20(33)12-17-16(8-5-10-27)28-23(29-17)22-18(13-32(31-22)19-9-2-3-11-36-19)30-24(34)21-14(25)6-4-7-15(21)26/h4,6-7,13,19H,2-3,5,8-12,27H2,1H3,(H,28,29)(H,30,34). The van der Waals surface area contributed by atoms with Crippen LogP contribution in [0.2, 0.25) is 0 Å². The lowest BCUT2D eigenvalue weighted by Gasteiger charge is -2.22. The lowest BCUT2D eigenvalue weighted by molar-refractivity contribution is -0.139. The number of halogens is 2. The number of nitrogens with two attached hydrogens (primary N) is 1. The summed E-state index contributed by atoms with van der Waals surface area (Å²) in [6.45, 7) is 0.998. The number of methoxy groups -OCH3 is 1. The van der Waals surface area contributed by atoms with Gasteiger partial charge in [0.1, 0.15) is 23.4 Å². The number of amides is 1. The normalized spacial score (nSPS) is 15.6. The monoisotopic (exact) mass is 502 g/mol. The van der Waals surface area contributed by atoms with E-state index in [0.29, 0.717) is 43.8 Å². The first-order chi connectivity index (χ1) is 17.4. The predicted molar refractivity (Wildman–Crippen MR) is 126 cm³/mol. The van der Waals surface area contributed by atoms with Gasteiger partial charge in [-0.05, 0) is 50.8 Å². The van der Waals surface area contributed by atoms with E-state index in [1.807, 2.05) is 0 Å². The van der Waals surface area contributed by atoms with Gasteiger partial charge in [-0.25, -0.2) is 18.4 Å². The number of hydrogen-bond donors (Lipinski definition) is 3. The zero-order valence-electron chi connectivity index (χ0n) is 19.9. The number of aromatic amines is 1. The van der Waals surface area contributed by atoms with Crippen LogP contribution in [0.5, 0.6) is 0 Å². The highest BCUT2D eigenvalue weighted by Crippen LogP contribution is 2.31. The Balaban J connectivity index is 1.73. The van der Waals surface area contributed by atoms with Crippen molar-refractivity contribution < 1.29 is 27.8 Å². The quantitative estimate of drug-likeness (QED) is 0.382. The van der Waals surface area contributed by atoms with E-state index in [4.69, 9.17) is 15.2 Å². The molecule has 0 radical (unpaired) electrons. The molecular formula is C24H28F2N6O4. The summed E-state index contributed by atoms with van der Waals surface area (Å²) < 4.78 is 40.6. The van der Waals surface area contributed by atoms with Gasteiger partial charge in [0.05, 0.1) is 31.1 Å². The number of aromatic nitrogens is 4. The molecule has 1 atom stereocenters. The lowest BCUT2D eigenvalue weighted by Crippen LogP contribution is -2.18. The van der Waals surface area contributed by atoms with Crippen molar-refractivity contribution in [3.63, 3.8) is 0 Å². The molecule has 36 heavy (non-hydrogen) atoms. The summed E-state index contributed by atoms with van der Waals surface area (Å²) in [5, 5.41) is 7.15. The number of nitrogens with zero attached hydrogens (tertiary/aromatic N) is 3. The number of anilines is 1. The summed E-state index contributed by atoms with van der Waals surface area (Å²) in [4.78, 5) is 32.5. The average molecular weight is 503 g/mol. The number of nitrogens with one attached hydrogen (secondary N) is 2. The molecule has 1 amide bonds. The molecule has 192 valence electrons. The second-order valence-electron chi connectivity index (χ2n) is 8.40. The first kappa shape index (κ1) is 25.5. The maximum Gasteiger partial charge on any atom is 0.311 e. The summed E-state index contributed by atoms with van der Waals surface area (Å²) in [6.07, 6.45) is 4.86. The van der Waals surface area contributed by atoms with E-state index in [2.05, 4.69) is 20.4 Å². The van der Waals surface area contributed by atoms with Crippen molar-refractivity contribution in [3.05, 3.63) is 53.0 Å². The van der Waals surface area contributed by atoms with Crippen LogP contribution >= 0.6 is 0 Å². The van der Waals surface area contributed by atoms with Gasteiger partial charge >= 0.3 is 5.97 Å². The van der Waals surface area contributed by atoms with Crippen LogP contribution in [0.15, 0.2) is 24.4 Å². The largest absolute Gasteiger partial charge is 0.469 e. The fourth-order valence-electron chi connectivity index (χ4n) is 4.03. The molecule has 1 unspecified atom stereocenters. The van der Waals surface area contributed by atoms with Crippen molar-refractivity contribution in [2.45, 2.75) is 44.8 Å². The van der Waals surface area contributed by atoms with E-state index >= 15 is 0 Å². The molecule has 0 spiro atoms. The molecule has 1 aliphatic rings. The summed E-state index contributed by atoms with van der Waals surface area (Å²) in [7, 11) is 1.29. The van der Waals surface area contributed by atoms with Crippen LogP contribution in [0.25, 0.3) is 11.5 Å². The molecule has 3 aromatic rings. The molecule has 12 heteroatoms. The smallest absolute Gasteiger partial charge is 0.311 e. The van der Waals surface area contributed by atoms with Gasteiger partial charge in [-0.15, -0.1) is 0 Å². The van der Waals surface area contributed by atoms with Crippen molar-refractivity contribution >= 4 is 17.6 Å². The minimum absolute atomic E-state index is 0.0437. The molecule has 2 aromatic heterocycles. The minimum atomic E-state index is -0.987. The maximum atomic E-state index is 14.2. The summed E-state index contributed by atoms with van der Waals surface area (Å²) >= 11 is 0. The van der Waals surface area contributed by atoms with E-state index < -0.39 is 29.1 Å². The van der Waals surface area contributed by atoms with Crippen molar-refractivity contribution in [2.24, 2.45) is 5.73 Å². The highest BCUT2D eigenvalue weighted by molar-refractivity contribution is 6.06. The summed E-state index contributed by atoms with van der Waals surface area (Å²) in [5.41, 5.74) is 6.50. The number of carbonyl (C=O) groups excluding carboxylic acids is 2. The summed E-state index contributed by atoms with van der Waals surface area (Å²) in [5.74, 6) is -3.12. The van der Waals surface area contributed by atoms with Crippen molar-refractivity contribution in [1.29, 1.82) is 0 Å². The number of carbonyl (C=O) groups is 2. The Morgan fingerprint density at radius 1 is 1.31 bits per heavy atom. The third-order valence-corrected chi connectivity index (χ3v) is 5.88. The number of ether oxygens (including phenoxy) is 2. The Bertz CT molecular complexity index is 1220. The topological polar surface area (TPSA) is 137 Å². The van der Waals surface area contributed by atoms with E-state index in [0.717, 1.165) is 25.0 Å². The van der Waals surface area contributed by atoms with Crippen LogP contribution in [0.1, 0.15) is 53.7 Å². The number of imidazole rings is 1. The molecule has 4 rings (SSSR count). The average Bonchev–Trinajstić information content (AvgIpc) is 3.47. The Morgan fingerprint density at radius 2 is 2.08 bits per heavy atom. The van der Waals surface area contributed by atoms with Gasteiger partial charge in [0, 0.05) is 12.3 Å². The molecule has 1 aliphatic heterocycles. The minimum Gasteiger partial charge on any atom is -0.469 e. The number of aryl methyl sites for hydroxylation is 1. The van der Waals surface area contributed by atoms with Crippen molar-refractivity contribution in [3.8, 4) is 11.5 Å². The lowest BCUT2D eigenvalue weighted by atomic mass is 10.1. The first-order valence-corrected chi connectivity index (χ1v) is 11.7. The Morgan fingerprint density at radius 3 is 2.75 bits per heavy atom. The highest BCUT2D eigenvalue weighted by Gasteiger charge is 2.26. The SMILES string of the molecule is COC(=O)Cc1[nH]c(-c2nn(C3CCCCO3)cc2NC(=O)c2c(F)cccc2F)nc1CCCN. The Hall–Kier alpha value is -3.64. The number of hydrogen-bond acceptors (Lipinski definition) is 7. The second kappa shape index (κ2) is 11.4. The predicted octanol–water partition coefficient (Wildman–Crippen LogP) is 3.11. The Labute approximate surface area is 206 Å². The second-order valence-corrected chi connectivity index (χ2v) is 8.40. The summed E-state index contributed by atoms with van der Waals surface area (Å²) in [6, 6.07) is 3.20. The number of rotatable bonds is 9. The van der Waals surface area contributed by atoms with Crippen LogP contribution < -0.4 is 11.1 Å². The molecule has 1 saturated heterocycles. The maximum absolute atomic E-state index is 14.2. The highest BCUT2D eigenvalue weighted by atomic mass is 19.1. The molecule has 1 aromatic carbocycles. The molecule has 3 heterocycles. The third kappa shape index (κ3) is 5.60. The van der Waals surface area contributed by atoms with Gasteiger partial charge < -0.3 is 25.5 Å². The van der Waals surface area contributed by atoms with E-state index in [1.54, 1.807) is 10.9 Å². The van der Waals surface area contributed by atoms with Gasteiger partial charge in [-0.1, -0.05) is 6.07 Å². The zero-order chi connectivity index (χ0) is 25.7. The van der Waals surface area contributed by atoms with Gasteiger partial charge in [0.25, 0.3) is 5.91 Å². The fourth-order valence-corrected chi connectivity index (χ4v) is 4.03. The van der Waals surface area contributed by atoms with Gasteiger partial charge in [-0.2, -0.15) is 5.10 Å². The van der Waals surface area contributed by atoms with E-state index in [9.17, 15) is 18.4 Å². The van der Waals surface area contributed by atoms with Gasteiger partial charge in [-0.3, -0.25) is 9.59 Å². The van der Waals surface area contributed by atoms with Gasteiger partial charge in [0.15, 0.2) is 11.5 Å². The van der Waals surface area contributed by atoms with Gasteiger partial charge in [0.2, 0.25) is 0 Å². The molecule has 4 N–H and O–H groups in total. The van der Waals surface area contributed by atoms with E-state index in [1.165, 1.54) is 13.2 Å². The molecule has 0 bridgehead atoms. The molecule has 1 fully saturated rings.